The topological polar surface area (TPSA) is 165 Å². The Bertz CT molecular complexity index is 1280. The van der Waals surface area contributed by atoms with E-state index in [0.29, 0.717) is 13.0 Å². The first-order valence-electron chi connectivity index (χ1n) is 13.5. The molecule has 1 unspecified atom stereocenters. The molecule has 1 fully saturated rings. The van der Waals surface area contributed by atoms with Crippen molar-refractivity contribution in [1.82, 2.24) is 9.80 Å². The minimum absolute atomic E-state index is 0.101. The van der Waals surface area contributed by atoms with Crippen molar-refractivity contribution < 1.29 is 44.3 Å². The number of fused-ring (bicyclic) bond motifs is 2. The van der Waals surface area contributed by atoms with Gasteiger partial charge in [0.05, 0.1) is 31.0 Å². The number of likely N-dealkylation sites (tertiary alicyclic amines) is 1. The molecule has 1 amide bonds. The maximum absolute atomic E-state index is 12.9. The number of hydrogen-bond donors (Lipinski definition) is 4. The summed E-state index contributed by atoms with van der Waals surface area (Å²) in [5, 5.41) is 34.5. The van der Waals surface area contributed by atoms with E-state index in [2.05, 4.69) is 29.2 Å². The van der Waals surface area contributed by atoms with E-state index in [0.717, 1.165) is 43.1 Å². The van der Waals surface area contributed by atoms with E-state index < -0.39 is 36.4 Å². The predicted molar refractivity (Wildman–Crippen MR) is 153 cm³/mol. The van der Waals surface area contributed by atoms with Crippen molar-refractivity contribution in [2.45, 2.75) is 49.9 Å². The minimum atomic E-state index is -2.74. The normalized spacial score (nSPS) is 16.6. The highest BCUT2D eigenvalue weighted by Crippen LogP contribution is 2.44. The highest BCUT2D eigenvalue weighted by atomic mass is 35.5. The van der Waals surface area contributed by atoms with Crippen LogP contribution in [0.5, 0.6) is 0 Å². The van der Waals surface area contributed by atoms with Crippen molar-refractivity contribution in [2.24, 2.45) is 5.92 Å². The summed E-state index contributed by atoms with van der Waals surface area (Å²) < 4.78 is 6.28. The van der Waals surface area contributed by atoms with Gasteiger partial charge in [-0.05, 0) is 42.0 Å². The molecule has 228 valence electrons. The van der Waals surface area contributed by atoms with Gasteiger partial charge in [0.1, 0.15) is 0 Å². The lowest BCUT2D eigenvalue weighted by molar-refractivity contribution is -0.170. The second-order valence-electron chi connectivity index (χ2n) is 10.9. The van der Waals surface area contributed by atoms with Gasteiger partial charge >= 0.3 is 17.9 Å². The first kappa shape index (κ1) is 33.0. The van der Waals surface area contributed by atoms with Crippen LogP contribution in [0.4, 0.5) is 0 Å². The molecule has 42 heavy (non-hydrogen) atoms. The fourth-order valence-corrected chi connectivity index (χ4v) is 5.66. The second-order valence-corrected chi connectivity index (χ2v) is 11.4. The maximum atomic E-state index is 12.9. The summed E-state index contributed by atoms with van der Waals surface area (Å²) >= 11 is 6.37. The number of carbonyl (C=O) groups is 4. The molecule has 2 aliphatic heterocycles. The molecule has 11 nitrogen and oxygen atoms in total. The van der Waals surface area contributed by atoms with Gasteiger partial charge in [0.2, 0.25) is 5.91 Å². The van der Waals surface area contributed by atoms with Gasteiger partial charge < -0.3 is 35.0 Å². The molecule has 0 aromatic heterocycles. The Balaban J connectivity index is 0.000000316. The van der Waals surface area contributed by atoms with Crippen molar-refractivity contribution >= 4 is 35.4 Å². The Morgan fingerprint density at radius 2 is 1.55 bits per heavy atom. The van der Waals surface area contributed by atoms with Gasteiger partial charge in [0, 0.05) is 38.8 Å². The van der Waals surface area contributed by atoms with Crippen molar-refractivity contribution in [3.8, 4) is 0 Å². The molecular formula is C30H37ClN2O9. The van der Waals surface area contributed by atoms with Crippen LogP contribution >= 0.6 is 11.6 Å². The van der Waals surface area contributed by atoms with E-state index in [1.807, 2.05) is 38.4 Å². The third-order valence-electron chi connectivity index (χ3n) is 7.65. The van der Waals surface area contributed by atoms with Gasteiger partial charge in [0.15, 0.2) is 5.60 Å². The van der Waals surface area contributed by atoms with E-state index in [9.17, 15) is 19.2 Å². The van der Waals surface area contributed by atoms with Crippen molar-refractivity contribution in [1.29, 1.82) is 0 Å². The van der Waals surface area contributed by atoms with E-state index >= 15 is 0 Å². The molecule has 2 heterocycles. The number of hydrogen-bond acceptors (Lipinski definition) is 7. The number of halogens is 1. The summed E-state index contributed by atoms with van der Waals surface area (Å²) in [5.74, 6) is -4.96. The SMILES string of the molecule is CN(C)C(=O)C(Cc1ccccc1Cl)CN1CCC2(CC1)OCc1ccccc12.O=C(O)CC(O)(CC(=O)O)C(=O)O. The third-order valence-corrected chi connectivity index (χ3v) is 8.02. The Labute approximate surface area is 249 Å². The largest absolute Gasteiger partial charge is 0.481 e. The average molecular weight is 605 g/mol. The van der Waals surface area contributed by atoms with Gasteiger partial charge in [-0.3, -0.25) is 14.4 Å². The molecule has 1 spiro atoms. The van der Waals surface area contributed by atoms with E-state index in [-0.39, 0.29) is 17.4 Å². The molecular weight excluding hydrogens is 568 g/mol. The van der Waals surface area contributed by atoms with E-state index in [1.54, 1.807) is 4.90 Å². The van der Waals surface area contributed by atoms with Gasteiger partial charge in [-0.25, -0.2) is 4.79 Å². The summed E-state index contributed by atoms with van der Waals surface area (Å²) in [6.07, 6.45) is 0.318. The first-order valence-corrected chi connectivity index (χ1v) is 13.9. The Morgan fingerprint density at radius 3 is 2.10 bits per heavy atom. The number of ether oxygens (including phenoxy) is 1. The smallest absolute Gasteiger partial charge is 0.336 e. The van der Waals surface area contributed by atoms with Crippen LogP contribution in [0.25, 0.3) is 0 Å². The van der Waals surface area contributed by atoms with Crippen LogP contribution in [-0.2, 0) is 42.5 Å². The fourth-order valence-electron chi connectivity index (χ4n) is 5.45. The number of aliphatic carboxylic acids is 3. The molecule has 12 heteroatoms. The number of aliphatic hydroxyl groups is 1. The number of piperidine rings is 1. The van der Waals surface area contributed by atoms with Crippen molar-refractivity contribution in [2.75, 3.05) is 33.7 Å². The van der Waals surface area contributed by atoms with Gasteiger partial charge in [-0.2, -0.15) is 0 Å². The van der Waals surface area contributed by atoms with Crippen LogP contribution in [0.3, 0.4) is 0 Å². The zero-order chi connectivity index (χ0) is 31.1. The van der Waals surface area contributed by atoms with E-state index in [1.165, 1.54) is 11.1 Å². The lowest BCUT2D eigenvalue weighted by Gasteiger charge is -2.40. The maximum Gasteiger partial charge on any atom is 0.336 e. The third kappa shape index (κ3) is 8.28. The average Bonchev–Trinajstić information content (AvgIpc) is 3.27. The standard InChI is InChI=1S/C24H29ClN2O2.C6H8O7/c1-26(2)23(28)20(15-18-7-4-6-10-22(18)25)16-27-13-11-24(12-14-27)21-9-5-3-8-19(21)17-29-24;7-3(8)1-6(13,5(11)12)2-4(9)10/h3-10,20H,11-17H2,1-2H3;13H,1-2H2,(H,7,8)(H,9,10)(H,11,12). The van der Waals surface area contributed by atoms with Crippen LogP contribution in [-0.4, -0.2) is 93.4 Å². The van der Waals surface area contributed by atoms with Gasteiger partial charge in [0.25, 0.3) is 0 Å². The quantitative estimate of drug-likeness (QED) is 0.317. The molecule has 1 saturated heterocycles. The number of amides is 1. The van der Waals surface area contributed by atoms with Gasteiger partial charge in [-0.15, -0.1) is 0 Å². The van der Waals surface area contributed by atoms with Crippen LogP contribution in [0.2, 0.25) is 5.02 Å². The van der Waals surface area contributed by atoms with Crippen molar-refractivity contribution in [3.63, 3.8) is 0 Å². The Kier molecular flexibility index (Phi) is 11.1. The fraction of sp³-hybridized carbons (Fsp3) is 0.467. The lowest BCUT2D eigenvalue weighted by Crippen LogP contribution is -2.46. The highest BCUT2D eigenvalue weighted by Gasteiger charge is 2.43. The number of rotatable bonds is 10. The molecule has 4 rings (SSSR count). The highest BCUT2D eigenvalue weighted by molar-refractivity contribution is 6.31. The molecule has 2 aromatic rings. The van der Waals surface area contributed by atoms with Crippen LogP contribution in [0.15, 0.2) is 48.5 Å². The molecule has 0 radical (unpaired) electrons. The number of carbonyl (C=O) groups excluding carboxylic acids is 1. The number of benzene rings is 2. The van der Waals surface area contributed by atoms with Crippen LogP contribution in [0, 0.1) is 5.92 Å². The second kappa shape index (κ2) is 14.1. The molecule has 0 bridgehead atoms. The summed E-state index contributed by atoms with van der Waals surface area (Å²) in [6, 6.07) is 16.4. The molecule has 2 aromatic carbocycles. The summed E-state index contributed by atoms with van der Waals surface area (Å²) in [6.45, 7) is 3.34. The Hall–Kier alpha value is -3.51. The number of carboxylic acids is 3. The van der Waals surface area contributed by atoms with E-state index in [4.69, 9.17) is 36.8 Å². The summed E-state index contributed by atoms with van der Waals surface area (Å²) in [5.41, 5.74) is 0.835. The molecule has 0 aliphatic carbocycles. The molecule has 1 atom stereocenters. The molecule has 2 aliphatic rings. The predicted octanol–water partition coefficient (Wildman–Crippen LogP) is 2.86. The lowest BCUT2D eigenvalue weighted by atomic mass is 9.83. The summed E-state index contributed by atoms with van der Waals surface area (Å²) in [4.78, 5) is 47.5. The molecule has 0 saturated carbocycles. The summed E-state index contributed by atoms with van der Waals surface area (Å²) in [7, 11) is 3.66. The van der Waals surface area contributed by atoms with Gasteiger partial charge in [-0.1, -0.05) is 54.1 Å². The first-order chi connectivity index (χ1) is 19.8. The van der Waals surface area contributed by atoms with Crippen molar-refractivity contribution in [3.05, 3.63) is 70.2 Å². The number of carboxylic acid groups (broad SMARTS) is 3. The van der Waals surface area contributed by atoms with Crippen LogP contribution in [0.1, 0.15) is 42.4 Å². The Morgan fingerprint density at radius 1 is 0.976 bits per heavy atom. The molecule has 4 N–H and O–H groups in total. The zero-order valence-corrected chi connectivity index (χ0v) is 24.4. The minimum Gasteiger partial charge on any atom is -0.481 e. The number of nitrogens with zero attached hydrogens (tertiary/aromatic N) is 2. The van der Waals surface area contributed by atoms with Crippen LogP contribution < -0.4 is 0 Å². The monoisotopic (exact) mass is 604 g/mol. The zero-order valence-electron chi connectivity index (χ0n) is 23.7.